The Hall–Kier alpha value is -0.400. The number of aromatic nitrogens is 2. The highest BCUT2D eigenvalue weighted by molar-refractivity contribution is 9.09. The van der Waals surface area contributed by atoms with E-state index in [2.05, 4.69) is 30.6 Å². The van der Waals surface area contributed by atoms with E-state index in [0.717, 1.165) is 11.8 Å². The molecule has 0 saturated carbocycles. The van der Waals surface area contributed by atoms with E-state index in [1.807, 2.05) is 6.92 Å². The van der Waals surface area contributed by atoms with Crippen molar-refractivity contribution in [2.24, 2.45) is 0 Å². The van der Waals surface area contributed by atoms with Gasteiger partial charge in [0, 0.05) is 11.4 Å². The average Bonchev–Trinajstić information content (AvgIpc) is 2.54. The van der Waals surface area contributed by atoms with E-state index in [1.165, 1.54) is 12.5 Å². The van der Waals surface area contributed by atoms with Crippen LogP contribution < -0.4 is 4.72 Å². The number of hydrogen-bond donors (Lipinski definition) is 2. The summed E-state index contributed by atoms with van der Waals surface area (Å²) in [6.07, 6.45) is 3.36. The Morgan fingerprint density at radius 2 is 2.43 bits per heavy atom. The molecule has 1 rings (SSSR count). The molecule has 5 nitrogen and oxygen atoms in total. The molecule has 0 aliphatic rings. The minimum Gasteiger partial charge on any atom is -0.335 e. The van der Waals surface area contributed by atoms with Crippen LogP contribution in [0.15, 0.2) is 17.6 Å². The molecule has 2 N–H and O–H groups in total. The van der Waals surface area contributed by atoms with Gasteiger partial charge in [-0.2, -0.15) is 0 Å². The van der Waals surface area contributed by atoms with Crippen LogP contribution in [0.25, 0.3) is 0 Å². The van der Waals surface area contributed by atoms with Crippen LogP contribution in [-0.4, -0.2) is 29.8 Å². The molecule has 0 spiro atoms. The van der Waals surface area contributed by atoms with Gasteiger partial charge in [-0.05, 0) is 13.3 Å². The first kappa shape index (κ1) is 11.7. The molecule has 1 unspecified atom stereocenters. The zero-order chi connectivity index (χ0) is 10.6. The van der Waals surface area contributed by atoms with Gasteiger partial charge >= 0.3 is 0 Å². The standard InChI is InChI=1S/C7H12BrN3O2S/c1-6(2-3-8)11-14(12,13)7-4-9-5-10-7/h4-6,11H,2-3H2,1H3,(H,9,10). The largest absolute Gasteiger partial charge is 0.335 e. The third kappa shape index (κ3) is 3.07. The number of aromatic amines is 1. The van der Waals surface area contributed by atoms with Gasteiger partial charge in [-0.25, -0.2) is 18.1 Å². The zero-order valence-electron chi connectivity index (χ0n) is 7.70. The second kappa shape index (κ2) is 4.90. The number of nitrogens with zero attached hydrogens (tertiary/aromatic N) is 1. The van der Waals surface area contributed by atoms with Crippen molar-refractivity contribution < 1.29 is 8.42 Å². The molecular weight excluding hydrogens is 270 g/mol. The van der Waals surface area contributed by atoms with Crippen molar-refractivity contribution in [3.05, 3.63) is 12.5 Å². The fourth-order valence-electron chi connectivity index (χ4n) is 0.941. The lowest BCUT2D eigenvalue weighted by atomic mass is 10.3. The van der Waals surface area contributed by atoms with E-state index >= 15 is 0 Å². The summed E-state index contributed by atoms with van der Waals surface area (Å²) >= 11 is 3.25. The fourth-order valence-corrected chi connectivity index (χ4v) is 2.81. The molecule has 1 heterocycles. The summed E-state index contributed by atoms with van der Waals surface area (Å²) in [5, 5.41) is 0.860. The Kier molecular flexibility index (Phi) is 4.09. The number of rotatable bonds is 5. The highest BCUT2D eigenvalue weighted by atomic mass is 79.9. The minimum absolute atomic E-state index is 0.0947. The molecule has 0 aromatic carbocycles. The van der Waals surface area contributed by atoms with Crippen LogP contribution in [0.1, 0.15) is 13.3 Å². The number of sulfonamides is 1. The summed E-state index contributed by atoms with van der Waals surface area (Å²) in [7, 11) is -3.43. The molecule has 0 aliphatic heterocycles. The van der Waals surface area contributed by atoms with E-state index in [9.17, 15) is 8.42 Å². The third-order valence-electron chi connectivity index (χ3n) is 1.66. The molecule has 0 saturated heterocycles. The third-order valence-corrected chi connectivity index (χ3v) is 3.63. The number of alkyl halides is 1. The molecule has 0 amide bonds. The second-order valence-electron chi connectivity index (χ2n) is 2.92. The highest BCUT2D eigenvalue weighted by Gasteiger charge is 2.17. The van der Waals surface area contributed by atoms with Gasteiger partial charge < -0.3 is 4.98 Å². The molecule has 0 fully saturated rings. The lowest BCUT2D eigenvalue weighted by Crippen LogP contribution is -2.33. The number of imidazole rings is 1. The van der Waals surface area contributed by atoms with Crippen LogP contribution in [0.3, 0.4) is 0 Å². The van der Waals surface area contributed by atoms with Crippen molar-refractivity contribution in [3.63, 3.8) is 0 Å². The predicted octanol–water partition coefficient (Wildman–Crippen LogP) is 0.862. The number of halogens is 1. The highest BCUT2D eigenvalue weighted by Crippen LogP contribution is 2.05. The van der Waals surface area contributed by atoms with Crippen molar-refractivity contribution >= 4 is 26.0 Å². The van der Waals surface area contributed by atoms with E-state index in [0.29, 0.717) is 0 Å². The molecular formula is C7H12BrN3O2S. The van der Waals surface area contributed by atoms with Gasteiger partial charge in [0.15, 0.2) is 5.03 Å². The van der Waals surface area contributed by atoms with Crippen molar-refractivity contribution in [2.75, 3.05) is 5.33 Å². The maximum absolute atomic E-state index is 11.6. The van der Waals surface area contributed by atoms with Crippen LogP contribution >= 0.6 is 15.9 Å². The number of H-pyrrole nitrogens is 1. The quantitative estimate of drug-likeness (QED) is 0.787. The Morgan fingerprint density at radius 3 is 2.93 bits per heavy atom. The topological polar surface area (TPSA) is 74.8 Å². The Morgan fingerprint density at radius 1 is 1.71 bits per heavy atom. The lowest BCUT2D eigenvalue weighted by molar-refractivity contribution is 0.554. The van der Waals surface area contributed by atoms with Crippen molar-refractivity contribution in [2.45, 2.75) is 24.4 Å². The summed E-state index contributed by atoms with van der Waals surface area (Å²) < 4.78 is 25.7. The Balaban J connectivity index is 2.68. The summed E-state index contributed by atoms with van der Waals surface area (Å²) in [6.45, 7) is 1.81. The Bertz CT molecular complexity index is 362. The van der Waals surface area contributed by atoms with E-state index in [4.69, 9.17) is 0 Å². The second-order valence-corrected chi connectivity index (χ2v) is 5.39. The summed E-state index contributed by atoms with van der Waals surface area (Å²) in [5.41, 5.74) is 0. The lowest BCUT2D eigenvalue weighted by Gasteiger charge is -2.11. The fraction of sp³-hybridized carbons (Fsp3) is 0.571. The molecule has 1 atom stereocenters. The van der Waals surface area contributed by atoms with Crippen molar-refractivity contribution in [1.82, 2.24) is 14.7 Å². The zero-order valence-corrected chi connectivity index (χ0v) is 10.1. The van der Waals surface area contributed by atoms with E-state index in [1.54, 1.807) is 0 Å². The normalized spacial score (nSPS) is 14.1. The first-order chi connectivity index (χ1) is 6.56. The number of hydrogen-bond acceptors (Lipinski definition) is 3. The van der Waals surface area contributed by atoms with Gasteiger partial charge in [-0.1, -0.05) is 15.9 Å². The van der Waals surface area contributed by atoms with Gasteiger partial charge in [-0.15, -0.1) is 0 Å². The van der Waals surface area contributed by atoms with Gasteiger partial charge in [0.2, 0.25) is 0 Å². The SMILES string of the molecule is CC(CCBr)NS(=O)(=O)c1cnc[nH]1. The number of nitrogens with one attached hydrogen (secondary N) is 2. The first-order valence-corrected chi connectivity index (χ1v) is 6.73. The van der Waals surface area contributed by atoms with Crippen molar-refractivity contribution in [1.29, 1.82) is 0 Å². The van der Waals surface area contributed by atoms with E-state index < -0.39 is 10.0 Å². The van der Waals surface area contributed by atoms with Crippen LogP contribution in [0.4, 0.5) is 0 Å². The monoisotopic (exact) mass is 281 g/mol. The maximum Gasteiger partial charge on any atom is 0.257 e. The van der Waals surface area contributed by atoms with Crippen LogP contribution in [-0.2, 0) is 10.0 Å². The molecule has 0 bridgehead atoms. The van der Waals surface area contributed by atoms with Gasteiger partial charge in [-0.3, -0.25) is 0 Å². The van der Waals surface area contributed by atoms with Crippen LogP contribution in [0, 0.1) is 0 Å². The Labute approximate surface area is 91.5 Å². The summed E-state index contributed by atoms with van der Waals surface area (Å²) in [6, 6.07) is -0.0947. The predicted molar refractivity (Wildman–Crippen MR) is 56.8 cm³/mol. The smallest absolute Gasteiger partial charge is 0.257 e. The molecule has 7 heteroatoms. The molecule has 0 aliphatic carbocycles. The van der Waals surface area contributed by atoms with E-state index in [-0.39, 0.29) is 11.1 Å². The van der Waals surface area contributed by atoms with Crippen LogP contribution in [0.2, 0.25) is 0 Å². The van der Waals surface area contributed by atoms with Crippen molar-refractivity contribution in [3.8, 4) is 0 Å². The van der Waals surface area contributed by atoms with Gasteiger partial charge in [0.05, 0.1) is 12.5 Å². The van der Waals surface area contributed by atoms with Crippen LogP contribution in [0.5, 0.6) is 0 Å². The molecule has 80 valence electrons. The van der Waals surface area contributed by atoms with Gasteiger partial charge in [0.1, 0.15) is 0 Å². The average molecular weight is 282 g/mol. The molecule has 1 aromatic heterocycles. The van der Waals surface area contributed by atoms with Gasteiger partial charge in [0.25, 0.3) is 10.0 Å². The molecule has 14 heavy (non-hydrogen) atoms. The molecule has 1 aromatic rings. The molecule has 0 radical (unpaired) electrons. The maximum atomic E-state index is 11.6. The summed E-state index contributed by atoms with van der Waals surface area (Å²) in [4.78, 5) is 6.21. The summed E-state index contributed by atoms with van der Waals surface area (Å²) in [5.74, 6) is 0. The first-order valence-electron chi connectivity index (χ1n) is 4.13. The minimum atomic E-state index is -3.43.